The van der Waals surface area contributed by atoms with Gasteiger partial charge in [-0.3, -0.25) is 0 Å². The maximum absolute atomic E-state index is 6.11. The monoisotopic (exact) mass is 250 g/mol. The van der Waals surface area contributed by atoms with Crippen LogP contribution in [0.25, 0.3) is 11.4 Å². The first-order chi connectivity index (χ1) is 7.70. The fourth-order valence-electron chi connectivity index (χ4n) is 1.48. The van der Waals surface area contributed by atoms with E-state index >= 15 is 0 Å². The molecule has 0 bridgehead atoms. The second kappa shape index (κ2) is 4.76. The van der Waals surface area contributed by atoms with E-state index < -0.39 is 0 Å². The van der Waals surface area contributed by atoms with Crippen LogP contribution >= 0.6 is 23.8 Å². The standard InChI is InChI=1S/C12H11ClN2S/c1-2-8-7-11(16)15-12(14-8)9-5-3-4-6-10(9)13/h3-7H,2H2,1H3,(H,14,15,16). The molecule has 2 nitrogen and oxygen atoms in total. The Balaban J connectivity index is 2.60. The number of aromatic nitrogens is 2. The number of hydrogen-bond donors (Lipinski definition) is 1. The molecule has 1 N–H and O–H groups in total. The molecular weight excluding hydrogens is 240 g/mol. The van der Waals surface area contributed by atoms with Crippen LogP contribution in [-0.2, 0) is 6.42 Å². The Morgan fingerprint density at radius 2 is 2.12 bits per heavy atom. The Morgan fingerprint density at radius 3 is 2.81 bits per heavy atom. The molecule has 1 aromatic carbocycles. The van der Waals surface area contributed by atoms with Crippen LogP contribution < -0.4 is 0 Å². The smallest absolute Gasteiger partial charge is 0.140 e. The van der Waals surface area contributed by atoms with Crippen LogP contribution in [0, 0.1) is 4.64 Å². The first-order valence-corrected chi connectivity index (χ1v) is 5.84. The van der Waals surface area contributed by atoms with E-state index in [1.54, 1.807) is 0 Å². The van der Waals surface area contributed by atoms with Crippen LogP contribution in [0.4, 0.5) is 0 Å². The quantitative estimate of drug-likeness (QED) is 0.816. The van der Waals surface area contributed by atoms with Gasteiger partial charge >= 0.3 is 0 Å². The summed E-state index contributed by atoms with van der Waals surface area (Å²) < 4.78 is 0.588. The number of H-pyrrole nitrogens is 1. The van der Waals surface area contributed by atoms with Gasteiger partial charge in [0.1, 0.15) is 10.5 Å². The molecule has 0 aliphatic rings. The second-order valence-corrected chi connectivity index (χ2v) is 4.25. The lowest BCUT2D eigenvalue weighted by molar-refractivity contribution is 0.999. The van der Waals surface area contributed by atoms with Crippen LogP contribution in [0.5, 0.6) is 0 Å². The third-order valence-electron chi connectivity index (χ3n) is 2.31. The summed E-state index contributed by atoms with van der Waals surface area (Å²) in [6.45, 7) is 2.07. The Labute approximate surface area is 104 Å². The summed E-state index contributed by atoms with van der Waals surface area (Å²) in [4.78, 5) is 7.52. The van der Waals surface area contributed by atoms with E-state index in [1.165, 1.54) is 0 Å². The van der Waals surface area contributed by atoms with Gasteiger partial charge in [0.25, 0.3) is 0 Å². The van der Waals surface area contributed by atoms with E-state index in [0.717, 1.165) is 23.5 Å². The summed E-state index contributed by atoms with van der Waals surface area (Å²) in [7, 11) is 0. The number of halogens is 1. The van der Waals surface area contributed by atoms with Crippen molar-refractivity contribution < 1.29 is 0 Å². The number of nitrogens with zero attached hydrogens (tertiary/aromatic N) is 1. The molecule has 0 spiro atoms. The van der Waals surface area contributed by atoms with Crippen molar-refractivity contribution >= 4 is 23.8 Å². The van der Waals surface area contributed by atoms with Crippen molar-refractivity contribution in [2.45, 2.75) is 13.3 Å². The number of hydrogen-bond acceptors (Lipinski definition) is 2. The molecule has 0 unspecified atom stereocenters. The highest BCUT2D eigenvalue weighted by atomic mass is 35.5. The Morgan fingerprint density at radius 1 is 1.38 bits per heavy atom. The van der Waals surface area contributed by atoms with Crippen LogP contribution in [0.3, 0.4) is 0 Å². The molecule has 0 radical (unpaired) electrons. The zero-order valence-electron chi connectivity index (χ0n) is 8.83. The van der Waals surface area contributed by atoms with Gasteiger partial charge in [0.2, 0.25) is 0 Å². The number of aromatic amines is 1. The number of aryl methyl sites for hydroxylation is 1. The summed E-state index contributed by atoms with van der Waals surface area (Å²) in [6.07, 6.45) is 0.892. The van der Waals surface area contributed by atoms with Crippen molar-refractivity contribution in [3.05, 3.63) is 45.7 Å². The number of benzene rings is 1. The van der Waals surface area contributed by atoms with Crippen molar-refractivity contribution in [1.82, 2.24) is 9.97 Å². The van der Waals surface area contributed by atoms with Crippen molar-refractivity contribution in [2.24, 2.45) is 0 Å². The van der Waals surface area contributed by atoms with Gasteiger partial charge in [-0.25, -0.2) is 4.98 Å². The molecule has 0 fully saturated rings. The van der Waals surface area contributed by atoms with Gasteiger partial charge in [0.05, 0.1) is 5.02 Å². The topological polar surface area (TPSA) is 28.7 Å². The molecule has 1 aromatic heterocycles. The highest BCUT2D eigenvalue weighted by Gasteiger charge is 2.05. The predicted octanol–water partition coefficient (Wildman–Crippen LogP) is 4.02. The minimum atomic E-state index is 0.588. The Hall–Kier alpha value is -1.19. The van der Waals surface area contributed by atoms with Gasteiger partial charge in [0.15, 0.2) is 0 Å². The zero-order valence-corrected chi connectivity index (χ0v) is 10.4. The Bertz CT molecular complexity index is 563. The normalized spacial score (nSPS) is 10.4. The molecule has 1 heterocycles. The molecule has 4 heteroatoms. The fourth-order valence-corrected chi connectivity index (χ4v) is 1.94. The summed E-state index contributed by atoms with van der Waals surface area (Å²) in [5.74, 6) is 0.731. The molecule has 0 saturated carbocycles. The molecule has 0 saturated heterocycles. The molecule has 0 aliphatic heterocycles. The third-order valence-corrected chi connectivity index (χ3v) is 2.85. The molecule has 82 valence electrons. The van der Waals surface area contributed by atoms with E-state index in [1.807, 2.05) is 30.3 Å². The fraction of sp³-hybridized carbons (Fsp3) is 0.167. The van der Waals surface area contributed by atoms with E-state index in [9.17, 15) is 0 Å². The minimum Gasteiger partial charge on any atom is -0.343 e. The lowest BCUT2D eigenvalue weighted by atomic mass is 10.2. The molecule has 0 aliphatic carbocycles. The van der Waals surface area contributed by atoms with Gasteiger partial charge in [-0.2, -0.15) is 0 Å². The molecule has 2 rings (SSSR count). The van der Waals surface area contributed by atoms with Crippen molar-refractivity contribution in [2.75, 3.05) is 0 Å². The lowest BCUT2D eigenvalue weighted by Crippen LogP contribution is -1.95. The summed E-state index contributed by atoms with van der Waals surface area (Å²) >= 11 is 11.2. The first kappa shape index (κ1) is 11.3. The number of nitrogens with one attached hydrogen (secondary N) is 1. The van der Waals surface area contributed by atoms with Crippen molar-refractivity contribution in [3.63, 3.8) is 0 Å². The van der Waals surface area contributed by atoms with Crippen LogP contribution in [-0.4, -0.2) is 9.97 Å². The molecule has 2 aromatic rings. The third kappa shape index (κ3) is 2.31. The van der Waals surface area contributed by atoms with Gasteiger partial charge < -0.3 is 4.98 Å². The minimum absolute atomic E-state index is 0.588. The summed E-state index contributed by atoms with van der Waals surface area (Å²) in [5.41, 5.74) is 1.94. The van der Waals surface area contributed by atoms with E-state index in [-0.39, 0.29) is 0 Å². The molecule has 0 amide bonds. The van der Waals surface area contributed by atoms with E-state index in [2.05, 4.69) is 16.9 Å². The second-order valence-electron chi connectivity index (χ2n) is 3.43. The van der Waals surface area contributed by atoms with Gasteiger partial charge in [-0.15, -0.1) is 0 Å². The average Bonchev–Trinajstić information content (AvgIpc) is 2.28. The van der Waals surface area contributed by atoms with E-state index in [4.69, 9.17) is 23.8 Å². The Kier molecular flexibility index (Phi) is 3.36. The molecular formula is C12H11ClN2S. The van der Waals surface area contributed by atoms with Crippen molar-refractivity contribution in [1.29, 1.82) is 0 Å². The van der Waals surface area contributed by atoms with Gasteiger partial charge in [-0.1, -0.05) is 42.9 Å². The van der Waals surface area contributed by atoms with Gasteiger partial charge in [0, 0.05) is 11.3 Å². The highest BCUT2D eigenvalue weighted by molar-refractivity contribution is 7.71. The molecule has 16 heavy (non-hydrogen) atoms. The average molecular weight is 251 g/mol. The predicted molar refractivity (Wildman–Crippen MR) is 69.2 cm³/mol. The van der Waals surface area contributed by atoms with Gasteiger partial charge in [-0.05, 0) is 24.6 Å². The lowest BCUT2D eigenvalue weighted by Gasteiger charge is -2.05. The molecule has 0 atom stereocenters. The highest BCUT2D eigenvalue weighted by Crippen LogP contribution is 2.24. The van der Waals surface area contributed by atoms with Crippen LogP contribution in [0.1, 0.15) is 12.6 Å². The zero-order chi connectivity index (χ0) is 11.5. The maximum atomic E-state index is 6.11. The van der Waals surface area contributed by atoms with Crippen LogP contribution in [0.15, 0.2) is 30.3 Å². The number of rotatable bonds is 2. The van der Waals surface area contributed by atoms with Crippen molar-refractivity contribution in [3.8, 4) is 11.4 Å². The van der Waals surface area contributed by atoms with E-state index in [0.29, 0.717) is 9.66 Å². The summed E-state index contributed by atoms with van der Waals surface area (Å²) in [5, 5.41) is 0.675. The largest absolute Gasteiger partial charge is 0.343 e. The van der Waals surface area contributed by atoms with Crippen LogP contribution in [0.2, 0.25) is 5.02 Å². The maximum Gasteiger partial charge on any atom is 0.140 e. The summed E-state index contributed by atoms with van der Waals surface area (Å²) in [6, 6.07) is 9.46. The SMILES string of the molecule is CCc1cc(=S)nc(-c2ccccc2Cl)[nH]1. The first-order valence-electron chi connectivity index (χ1n) is 5.06.